The molecule has 17 heavy (non-hydrogen) atoms. The minimum Gasteiger partial charge on any atom is -0.369 e. The molecule has 0 aliphatic rings. The summed E-state index contributed by atoms with van der Waals surface area (Å²) in [6, 6.07) is 12.3. The molecular formula is C13H13N3S. The Morgan fingerprint density at radius 1 is 1.18 bits per heavy atom. The van der Waals surface area contributed by atoms with Crippen LogP contribution >= 0.6 is 11.3 Å². The van der Waals surface area contributed by atoms with Crippen molar-refractivity contribution < 1.29 is 0 Å². The van der Waals surface area contributed by atoms with E-state index in [-0.39, 0.29) is 0 Å². The van der Waals surface area contributed by atoms with Crippen LogP contribution in [0.3, 0.4) is 0 Å². The molecule has 0 spiro atoms. The number of nitrogens with zero attached hydrogens (tertiary/aromatic N) is 2. The predicted octanol–water partition coefficient (Wildman–Crippen LogP) is 2.92. The highest BCUT2D eigenvalue weighted by Gasteiger charge is 2.07. The van der Waals surface area contributed by atoms with Gasteiger partial charge in [0, 0.05) is 11.4 Å². The van der Waals surface area contributed by atoms with Crippen molar-refractivity contribution in [1.29, 1.82) is 0 Å². The summed E-state index contributed by atoms with van der Waals surface area (Å²) in [6.45, 7) is 0.882. The standard InChI is InChI=1S/C13H13N3S/c14-13-15-11-5-1-2-6-12(11)16(13)8-7-10-4-3-9-17-10/h1-6,9H,7-8H2,(H2,14,15). The molecule has 2 heterocycles. The van der Waals surface area contributed by atoms with Crippen molar-refractivity contribution in [3.05, 3.63) is 46.7 Å². The molecule has 0 aliphatic heterocycles. The van der Waals surface area contributed by atoms with Gasteiger partial charge in [-0.1, -0.05) is 18.2 Å². The average Bonchev–Trinajstić information content (AvgIpc) is 2.93. The van der Waals surface area contributed by atoms with Crippen LogP contribution in [0, 0.1) is 0 Å². The second-order valence-electron chi connectivity index (χ2n) is 3.94. The Kier molecular flexibility index (Phi) is 2.57. The van der Waals surface area contributed by atoms with Crippen molar-refractivity contribution in [1.82, 2.24) is 9.55 Å². The van der Waals surface area contributed by atoms with Crippen LogP contribution in [0.2, 0.25) is 0 Å². The minimum absolute atomic E-state index is 0.600. The van der Waals surface area contributed by atoms with E-state index in [1.807, 2.05) is 18.2 Å². The fourth-order valence-corrected chi connectivity index (χ4v) is 2.70. The van der Waals surface area contributed by atoms with Crippen molar-refractivity contribution in [3.8, 4) is 0 Å². The highest BCUT2D eigenvalue weighted by Crippen LogP contribution is 2.19. The van der Waals surface area contributed by atoms with Gasteiger partial charge in [0.2, 0.25) is 5.95 Å². The van der Waals surface area contributed by atoms with Gasteiger partial charge in [-0.05, 0) is 30.0 Å². The van der Waals surface area contributed by atoms with Crippen LogP contribution < -0.4 is 5.73 Å². The third kappa shape index (κ3) is 1.91. The van der Waals surface area contributed by atoms with Crippen LogP contribution in [-0.2, 0) is 13.0 Å². The molecule has 0 bridgehead atoms. The smallest absolute Gasteiger partial charge is 0.201 e. The number of hydrogen-bond acceptors (Lipinski definition) is 3. The van der Waals surface area contributed by atoms with E-state index in [1.165, 1.54) is 4.88 Å². The Morgan fingerprint density at radius 2 is 2.06 bits per heavy atom. The first-order valence-corrected chi connectivity index (χ1v) is 6.46. The maximum atomic E-state index is 5.95. The van der Waals surface area contributed by atoms with Crippen LogP contribution in [0.25, 0.3) is 11.0 Å². The first-order valence-electron chi connectivity index (χ1n) is 5.58. The van der Waals surface area contributed by atoms with Gasteiger partial charge in [-0.25, -0.2) is 4.98 Å². The van der Waals surface area contributed by atoms with E-state index in [9.17, 15) is 0 Å². The Hall–Kier alpha value is -1.81. The lowest BCUT2D eigenvalue weighted by Crippen LogP contribution is -2.04. The van der Waals surface area contributed by atoms with E-state index in [1.54, 1.807) is 11.3 Å². The van der Waals surface area contributed by atoms with Crippen LogP contribution in [0.15, 0.2) is 41.8 Å². The molecular weight excluding hydrogens is 230 g/mol. The Balaban J connectivity index is 1.92. The van der Waals surface area contributed by atoms with Gasteiger partial charge >= 0.3 is 0 Å². The Labute approximate surface area is 104 Å². The van der Waals surface area contributed by atoms with Gasteiger partial charge in [-0.3, -0.25) is 0 Å². The third-order valence-electron chi connectivity index (χ3n) is 2.85. The zero-order chi connectivity index (χ0) is 11.7. The fraction of sp³-hybridized carbons (Fsp3) is 0.154. The summed E-state index contributed by atoms with van der Waals surface area (Å²) in [6.07, 6.45) is 1.00. The Bertz CT molecular complexity index is 625. The molecule has 3 rings (SSSR count). The SMILES string of the molecule is Nc1nc2ccccc2n1CCc1cccs1. The van der Waals surface area contributed by atoms with Crippen molar-refractivity contribution in [3.63, 3.8) is 0 Å². The summed E-state index contributed by atoms with van der Waals surface area (Å²) in [7, 11) is 0. The number of thiophene rings is 1. The van der Waals surface area contributed by atoms with Gasteiger partial charge in [0.25, 0.3) is 0 Å². The fourth-order valence-electron chi connectivity index (χ4n) is 2.01. The second kappa shape index (κ2) is 4.22. The molecule has 0 atom stereocenters. The molecule has 3 nitrogen and oxygen atoms in total. The highest BCUT2D eigenvalue weighted by atomic mass is 32.1. The molecule has 0 amide bonds. The molecule has 0 saturated carbocycles. The lowest BCUT2D eigenvalue weighted by Gasteiger charge is -2.04. The predicted molar refractivity (Wildman–Crippen MR) is 72.2 cm³/mol. The van der Waals surface area contributed by atoms with Gasteiger partial charge < -0.3 is 10.3 Å². The molecule has 0 saturated heterocycles. The summed E-state index contributed by atoms with van der Waals surface area (Å²) >= 11 is 1.78. The van der Waals surface area contributed by atoms with Crippen molar-refractivity contribution >= 4 is 28.3 Å². The second-order valence-corrected chi connectivity index (χ2v) is 4.97. The lowest BCUT2D eigenvalue weighted by atomic mass is 10.3. The number of imidazole rings is 1. The van der Waals surface area contributed by atoms with Crippen molar-refractivity contribution in [2.24, 2.45) is 0 Å². The molecule has 0 radical (unpaired) electrons. The molecule has 0 aliphatic carbocycles. The number of hydrogen-bond donors (Lipinski definition) is 1. The number of para-hydroxylation sites is 2. The van der Waals surface area contributed by atoms with Crippen LogP contribution in [0.4, 0.5) is 5.95 Å². The average molecular weight is 243 g/mol. The molecule has 4 heteroatoms. The molecule has 2 N–H and O–H groups in total. The van der Waals surface area contributed by atoms with Gasteiger partial charge in [0.1, 0.15) is 0 Å². The number of benzene rings is 1. The lowest BCUT2D eigenvalue weighted by molar-refractivity contribution is 0.733. The van der Waals surface area contributed by atoms with Gasteiger partial charge in [0.05, 0.1) is 11.0 Å². The number of aryl methyl sites for hydroxylation is 2. The number of nitrogen functional groups attached to an aromatic ring is 1. The Morgan fingerprint density at radius 3 is 2.88 bits per heavy atom. The van der Waals surface area contributed by atoms with E-state index in [2.05, 4.69) is 33.1 Å². The van der Waals surface area contributed by atoms with Crippen LogP contribution in [0.5, 0.6) is 0 Å². The monoisotopic (exact) mass is 243 g/mol. The summed E-state index contributed by atoms with van der Waals surface area (Å²) in [4.78, 5) is 5.73. The van der Waals surface area contributed by atoms with Crippen molar-refractivity contribution in [2.45, 2.75) is 13.0 Å². The molecule has 1 aromatic carbocycles. The molecule has 86 valence electrons. The third-order valence-corrected chi connectivity index (χ3v) is 3.78. The number of nitrogens with two attached hydrogens (primary N) is 1. The van der Waals surface area contributed by atoms with E-state index in [0.717, 1.165) is 24.0 Å². The van der Waals surface area contributed by atoms with Crippen molar-refractivity contribution in [2.75, 3.05) is 5.73 Å². The van der Waals surface area contributed by atoms with Gasteiger partial charge in [-0.15, -0.1) is 11.3 Å². The van der Waals surface area contributed by atoms with Gasteiger partial charge in [-0.2, -0.15) is 0 Å². The quantitative estimate of drug-likeness (QED) is 0.768. The topological polar surface area (TPSA) is 43.8 Å². The summed E-state index contributed by atoms with van der Waals surface area (Å²) in [5.74, 6) is 0.600. The maximum absolute atomic E-state index is 5.95. The van der Waals surface area contributed by atoms with Gasteiger partial charge in [0.15, 0.2) is 0 Å². The summed E-state index contributed by atoms with van der Waals surface area (Å²) in [5, 5.41) is 2.10. The van der Waals surface area contributed by atoms with E-state index in [4.69, 9.17) is 5.73 Å². The minimum atomic E-state index is 0.600. The van der Waals surface area contributed by atoms with Crippen LogP contribution in [0.1, 0.15) is 4.88 Å². The normalized spacial score (nSPS) is 11.1. The first kappa shape index (κ1) is 10.4. The molecule has 0 fully saturated rings. The molecule has 3 aromatic rings. The number of anilines is 1. The van der Waals surface area contributed by atoms with E-state index >= 15 is 0 Å². The largest absolute Gasteiger partial charge is 0.369 e. The summed E-state index contributed by atoms with van der Waals surface area (Å²) < 4.78 is 2.08. The number of aromatic nitrogens is 2. The number of fused-ring (bicyclic) bond motifs is 1. The van der Waals surface area contributed by atoms with E-state index < -0.39 is 0 Å². The summed E-state index contributed by atoms with van der Waals surface area (Å²) in [5.41, 5.74) is 8.03. The van der Waals surface area contributed by atoms with E-state index in [0.29, 0.717) is 5.95 Å². The maximum Gasteiger partial charge on any atom is 0.201 e. The zero-order valence-electron chi connectivity index (χ0n) is 9.34. The first-order chi connectivity index (χ1) is 8.34. The van der Waals surface area contributed by atoms with Crippen LogP contribution in [-0.4, -0.2) is 9.55 Å². The zero-order valence-corrected chi connectivity index (χ0v) is 10.2. The number of rotatable bonds is 3. The molecule has 2 aromatic heterocycles. The highest BCUT2D eigenvalue weighted by molar-refractivity contribution is 7.09. The molecule has 0 unspecified atom stereocenters.